The van der Waals surface area contributed by atoms with Gasteiger partial charge in [0.1, 0.15) is 5.76 Å². The maximum absolute atomic E-state index is 12.8. The van der Waals surface area contributed by atoms with Crippen molar-refractivity contribution in [2.24, 2.45) is 0 Å². The van der Waals surface area contributed by atoms with Gasteiger partial charge in [-0.25, -0.2) is 4.52 Å². The normalized spacial score (nSPS) is 15.1. The first-order chi connectivity index (χ1) is 12.7. The molecule has 1 fully saturated rings. The molecular formula is C19H18N4O3. The molecule has 1 aliphatic heterocycles. The molecule has 0 bridgehead atoms. The van der Waals surface area contributed by atoms with Crippen molar-refractivity contribution in [3.05, 3.63) is 66.4 Å². The van der Waals surface area contributed by atoms with Crippen molar-refractivity contribution in [1.82, 2.24) is 19.4 Å². The van der Waals surface area contributed by atoms with Crippen LogP contribution in [0.2, 0.25) is 0 Å². The van der Waals surface area contributed by atoms with E-state index in [9.17, 15) is 9.59 Å². The average Bonchev–Trinajstić information content (AvgIpc) is 3.35. The highest BCUT2D eigenvalue weighted by molar-refractivity contribution is 6.00. The third-order valence-corrected chi connectivity index (χ3v) is 4.47. The van der Waals surface area contributed by atoms with Crippen LogP contribution in [0.1, 0.15) is 16.1 Å². The lowest BCUT2D eigenvalue weighted by Gasteiger charge is -2.34. The van der Waals surface area contributed by atoms with Gasteiger partial charge in [0.25, 0.3) is 5.91 Å². The highest BCUT2D eigenvalue weighted by Gasteiger charge is 2.25. The number of fused-ring (bicyclic) bond motifs is 1. The van der Waals surface area contributed by atoms with Crippen LogP contribution in [0.4, 0.5) is 0 Å². The Morgan fingerprint density at radius 1 is 1.04 bits per heavy atom. The number of hydrogen-bond donors (Lipinski definition) is 0. The minimum absolute atomic E-state index is 0.0515. The molecular weight excluding hydrogens is 332 g/mol. The van der Waals surface area contributed by atoms with E-state index in [1.165, 1.54) is 6.08 Å². The van der Waals surface area contributed by atoms with Crippen molar-refractivity contribution in [1.29, 1.82) is 0 Å². The Morgan fingerprint density at radius 3 is 2.62 bits per heavy atom. The molecule has 0 radical (unpaired) electrons. The van der Waals surface area contributed by atoms with Crippen LogP contribution in [-0.2, 0) is 4.79 Å². The zero-order valence-electron chi connectivity index (χ0n) is 14.1. The molecule has 0 aliphatic carbocycles. The van der Waals surface area contributed by atoms with Crippen LogP contribution in [0.15, 0.2) is 59.5 Å². The van der Waals surface area contributed by atoms with Gasteiger partial charge in [0.15, 0.2) is 0 Å². The predicted molar refractivity (Wildman–Crippen MR) is 95.4 cm³/mol. The van der Waals surface area contributed by atoms with E-state index in [1.807, 2.05) is 24.4 Å². The van der Waals surface area contributed by atoms with Crippen LogP contribution < -0.4 is 0 Å². The molecule has 0 aromatic carbocycles. The Kier molecular flexibility index (Phi) is 4.27. The van der Waals surface area contributed by atoms with Gasteiger partial charge in [0.05, 0.1) is 23.5 Å². The molecule has 1 aliphatic rings. The molecule has 7 nitrogen and oxygen atoms in total. The highest BCUT2D eigenvalue weighted by atomic mass is 16.3. The third-order valence-electron chi connectivity index (χ3n) is 4.47. The fraction of sp³-hybridized carbons (Fsp3) is 0.211. The summed E-state index contributed by atoms with van der Waals surface area (Å²) < 4.78 is 6.86. The first-order valence-electron chi connectivity index (χ1n) is 8.44. The van der Waals surface area contributed by atoms with Gasteiger partial charge >= 0.3 is 0 Å². The van der Waals surface area contributed by atoms with Gasteiger partial charge in [-0.05, 0) is 30.3 Å². The molecule has 4 heterocycles. The molecule has 3 aromatic rings. The first kappa shape index (κ1) is 16.1. The lowest BCUT2D eigenvalue weighted by molar-refractivity contribution is -0.127. The van der Waals surface area contributed by atoms with Gasteiger partial charge in [-0.15, -0.1) is 0 Å². The summed E-state index contributed by atoms with van der Waals surface area (Å²) in [4.78, 5) is 28.5. The summed E-state index contributed by atoms with van der Waals surface area (Å²) >= 11 is 0. The molecule has 3 aromatic heterocycles. The predicted octanol–water partition coefficient (Wildman–Crippen LogP) is 1.93. The Labute approximate surface area is 150 Å². The summed E-state index contributed by atoms with van der Waals surface area (Å²) in [6, 6.07) is 9.19. The summed E-state index contributed by atoms with van der Waals surface area (Å²) in [6.45, 7) is 2.02. The average molecular weight is 350 g/mol. The quantitative estimate of drug-likeness (QED) is 0.677. The molecule has 0 unspecified atom stereocenters. The summed E-state index contributed by atoms with van der Waals surface area (Å²) in [6.07, 6.45) is 8.13. The van der Waals surface area contributed by atoms with Crippen LogP contribution >= 0.6 is 0 Å². The zero-order valence-corrected chi connectivity index (χ0v) is 14.1. The molecule has 0 atom stereocenters. The summed E-state index contributed by atoms with van der Waals surface area (Å²) in [5.74, 6) is 0.508. The molecule has 26 heavy (non-hydrogen) atoms. The largest absolute Gasteiger partial charge is 0.465 e. The fourth-order valence-corrected chi connectivity index (χ4v) is 3.04. The minimum atomic E-state index is -0.0792. The molecule has 0 N–H and O–H groups in total. The molecule has 132 valence electrons. The summed E-state index contributed by atoms with van der Waals surface area (Å²) in [5.41, 5.74) is 1.38. The number of nitrogens with zero attached hydrogens (tertiary/aromatic N) is 4. The number of rotatable bonds is 3. The van der Waals surface area contributed by atoms with Crippen molar-refractivity contribution in [3.63, 3.8) is 0 Å². The second kappa shape index (κ2) is 6.87. The highest BCUT2D eigenvalue weighted by Crippen LogP contribution is 2.15. The number of aromatic nitrogens is 2. The van der Waals surface area contributed by atoms with E-state index < -0.39 is 0 Å². The van der Waals surface area contributed by atoms with Crippen molar-refractivity contribution in [2.75, 3.05) is 26.2 Å². The minimum Gasteiger partial charge on any atom is -0.465 e. The van der Waals surface area contributed by atoms with Crippen LogP contribution in [0, 0.1) is 0 Å². The fourth-order valence-electron chi connectivity index (χ4n) is 3.04. The number of furan rings is 1. The van der Waals surface area contributed by atoms with Crippen molar-refractivity contribution < 1.29 is 14.0 Å². The Balaban J connectivity index is 1.38. The Bertz CT molecular complexity index is 950. The third kappa shape index (κ3) is 3.11. The van der Waals surface area contributed by atoms with E-state index in [1.54, 1.807) is 45.0 Å². The zero-order chi connectivity index (χ0) is 17.9. The second-order valence-electron chi connectivity index (χ2n) is 6.05. The van der Waals surface area contributed by atoms with Crippen LogP contribution in [0.25, 0.3) is 11.6 Å². The maximum atomic E-state index is 12.8. The molecule has 1 saturated heterocycles. The van der Waals surface area contributed by atoms with E-state index >= 15 is 0 Å². The Hall–Kier alpha value is -3.35. The van der Waals surface area contributed by atoms with Gasteiger partial charge in [-0.1, -0.05) is 6.07 Å². The molecule has 4 rings (SSSR count). The smallest absolute Gasteiger partial charge is 0.257 e. The van der Waals surface area contributed by atoms with Gasteiger partial charge in [-0.2, -0.15) is 5.10 Å². The van der Waals surface area contributed by atoms with Gasteiger partial charge in [0.2, 0.25) is 5.91 Å². The van der Waals surface area contributed by atoms with Crippen LogP contribution in [-0.4, -0.2) is 57.4 Å². The lowest BCUT2D eigenvalue weighted by Crippen LogP contribution is -2.50. The summed E-state index contributed by atoms with van der Waals surface area (Å²) in [5, 5.41) is 4.21. The van der Waals surface area contributed by atoms with Crippen LogP contribution in [0.5, 0.6) is 0 Å². The number of amides is 2. The SMILES string of the molecule is O=C(C=Cc1ccco1)N1CCN(C(=O)c2cnn3ccccc23)CC1. The monoisotopic (exact) mass is 350 g/mol. The lowest BCUT2D eigenvalue weighted by atomic mass is 10.2. The van der Waals surface area contributed by atoms with E-state index in [2.05, 4.69) is 5.10 Å². The number of carbonyl (C=O) groups excluding carboxylic acids is 2. The summed E-state index contributed by atoms with van der Waals surface area (Å²) in [7, 11) is 0. The van der Waals surface area contributed by atoms with Crippen molar-refractivity contribution >= 4 is 23.4 Å². The number of piperazine rings is 1. The van der Waals surface area contributed by atoms with Crippen molar-refractivity contribution in [3.8, 4) is 0 Å². The van der Waals surface area contributed by atoms with E-state index in [0.29, 0.717) is 37.5 Å². The van der Waals surface area contributed by atoms with Crippen LogP contribution in [0.3, 0.4) is 0 Å². The topological polar surface area (TPSA) is 71.1 Å². The van der Waals surface area contributed by atoms with E-state index in [-0.39, 0.29) is 11.8 Å². The van der Waals surface area contributed by atoms with Gasteiger partial charge in [-0.3, -0.25) is 9.59 Å². The molecule has 0 spiro atoms. The number of hydrogen-bond acceptors (Lipinski definition) is 4. The van der Waals surface area contributed by atoms with E-state index in [0.717, 1.165) is 5.52 Å². The number of pyridine rings is 1. The maximum Gasteiger partial charge on any atom is 0.257 e. The van der Waals surface area contributed by atoms with Gasteiger partial charge in [0, 0.05) is 38.5 Å². The van der Waals surface area contributed by atoms with E-state index in [4.69, 9.17) is 4.42 Å². The molecule has 0 saturated carbocycles. The standard InChI is InChI=1S/C19H18N4O3/c24-18(7-6-15-4-3-13-26-15)21-9-11-22(12-10-21)19(25)16-14-20-23-8-2-1-5-17(16)23/h1-8,13-14H,9-12H2. The molecule has 2 amide bonds. The second-order valence-corrected chi connectivity index (χ2v) is 6.05. The van der Waals surface area contributed by atoms with Gasteiger partial charge < -0.3 is 14.2 Å². The first-order valence-corrected chi connectivity index (χ1v) is 8.44. The molecule has 7 heteroatoms. The Morgan fingerprint density at radius 2 is 1.85 bits per heavy atom. The van der Waals surface area contributed by atoms with Crippen molar-refractivity contribution in [2.45, 2.75) is 0 Å². The number of carbonyl (C=O) groups is 2.